The summed E-state index contributed by atoms with van der Waals surface area (Å²) < 4.78 is 0. The molecule has 1 atom stereocenters. The summed E-state index contributed by atoms with van der Waals surface area (Å²) in [7, 11) is 3.55. The average molecular weight is 236 g/mol. The Balaban J connectivity index is 2.81. The van der Waals surface area contributed by atoms with E-state index in [0.717, 1.165) is 0 Å². The lowest BCUT2D eigenvalue weighted by molar-refractivity contribution is 0.0700. The van der Waals surface area contributed by atoms with Crippen molar-refractivity contribution in [1.29, 1.82) is 0 Å². The van der Waals surface area contributed by atoms with Crippen molar-refractivity contribution in [2.45, 2.75) is 26.8 Å². The first-order valence-corrected chi connectivity index (χ1v) is 5.76. The first-order chi connectivity index (χ1) is 7.97. The standard InChI is InChI=1S/C12H20N4O/c1-8(2)9(3)16(5)12(17)10-6-7-11(13-4)15-14-10/h6-9H,1-5H3,(H,13,15). The number of carbonyl (C=O) groups excluding carboxylic acids is 1. The van der Waals surface area contributed by atoms with Gasteiger partial charge in [0.15, 0.2) is 5.69 Å². The Morgan fingerprint density at radius 3 is 2.35 bits per heavy atom. The molecular formula is C12H20N4O. The first kappa shape index (κ1) is 13.4. The van der Waals surface area contributed by atoms with E-state index in [4.69, 9.17) is 0 Å². The molecule has 0 fully saturated rings. The van der Waals surface area contributed by atoms with Crippen LogP contribution in [0.3, 0.4) is 0 Å². The van der Waals surface area contributed by atoms with Gasteiger partial charge in [0.2, 0.25) is 0 Å². The monoisotopic (exact) mass is 236 g/mol. The fourth-order valence-electron chi connectivity index (χ4n) is 1.39. The van der Waals surface area contributed by atoms with Gasteiger partial charge in [-0.1, -0.05) is 13.8 Å². The van der Waals surface area contributed by atoms with Crippen molar-refractivity contribution in [3.63, 3.8) is 0 Å². The topological polar surface area (TPSA) is 58.1 Å². The lowest BCUT2D eigenvalue weighted by atomic mass is 10.1. The zero-order chi connectivity index (χ0) is 13.0. The number of rotatable bonds is 4. The molecule has 0 aromatic carbocycles. The van der Waals surface area contributed by atoms with Crippen molar-refractivity contribution in [3.05, 3.63) is 17.8 Å². The van der Waals surface area contributed by atoms with Crippen LogP contribution in [-0.4, -0.2) is 41.1 Å². The van der Waals surface area contributed by atoms with Crippen LogP contribution >= 0.6 is 0 Å². The van der Waals surface area contributed by atoms with E-state index in [9.17, 15) is 4.79 Å². The quantitative estimate of drug-likeness (QED) is 0.863. The highest BCUT2D eigenvalue weighted by atomic mass is 16.2. The molecule has 0 aliphatic rings. The molecule has 0 aliphatic carbocycles. The maximum atomic E-state index is 12.1. The Labute approximate surface area is 102 Å². The molecule has 0 saturated carbocycles. The largest absolute Gasteiger partial charge is 0.372 e. The van der Waals surface area contributed by atoms with E-state index in [-0.39, 0.29) is 11.9 Å². The molecule has 0 bridgehead atoms. The van der Waals surface area contributed by atoms with E-state index in [1.165, 1.54) is 0 Å². The van der Waals surface area contributed by atoms with Gasteiger partial charge in [-0.2, -0.15) is 0 Å². The molecule has 0 saturated heterocycles. The summed E-state index contributed by atoms with van der Waals surface area (Å²) in [4.78, 5) is 13.8. The van der Waals surface area contributed by atoms with Crippen molar-refractivity contribution < 1.29 is 4.79 Å². The minimum atomic E-state index is -0.0960. The molecule has 0 spiro atoms. The summed E-state index contributed by atoms with van der Waals surface area (Å²) >= 11 is 0. The Morgan fingerprint density at radius 2 is 1.94 bits per heavy atom. The summed E-state index contributed by atoms with van der Waals surface area (Å²) in [6, 6.07) is 3.60. The molecule has 0 radical (unpaired) electrons. The number of hydrogen-bond donors (Lipinski definition) is 1. The maximum absolute atomic E-state index is 12.1. The number of nitrogens with zero attached hydrogens (tertiary/aromatic N) is 3. The molecule has 1 unspecified atom stereocenters. The van der Waals surface area contributed by atoms with Crippen molar-refractivity contribution >= 4 is 11.7 Å². The molecule has 1 heterocycles. The lowest BCUT2D eigenvalue weighted by Crippen LogP contribution is -2.38. The van der Waals surface area contributed by atoms with Gasteiger partial charge in [0.25, 0.3) is 5.91 Å². The minimum Gasteiger partial charge on any atom is -0.372 e. The number of hydrogen-bond acceptors (Lipinski definition) is 4. The molecule has 1 rings (SSSR count). The zero-order valence-corrected chi connectivity index (χ0v) is 11.1. The van der Waals surface area contributed by atoms with Crippen molar-refractivity contribution in [2.75, 3.05) is 19.4 Å². The number of aromatic nitrogens is 2. The van der Waals surface area contributed by atoms with Gasteiger partial charge in [-0.15, -0.1) is 10.2 Å². The molecule has 5 nitrogen and oxygen atoms in total. The van der Waals surface area contributed by atoms with Crippen LogP contribution in [-0.2, 0) is 0 Å². The summed E-state index contributed by atoms with van der Waals surface area (Å²) in [5.41, 5.74) is 0.374. The second-order valence-corrected chi connectivity index (χ2v) is 4.45. The second kappa shape index (κ2) is 5.61. The smallest absolute Gasteiger partial charge is 0.274 e. The van der Waals surface area contributed by atoms with Crippen LogP contribution in [0.1, 0.15) is 31.3 Å². The SMILES string of the molecule is CNc1ccc(C(=O)N(C)C(C)C(C)C)nn1. The number of carbonyl (C=O) groups is 1. The maximum Gasteiger partial charge on any atom is 0.274 e. The van der Waals surface area contributed by atoms with Gasteiger partial charge in [-0.05, 0) is 25.0 Å². The fraction of sp³-hybridized carbons (Fsp3) is 0.583. The third kappa shape index (κ3) is 3.15. The molecule has 0 aliphatic heterocycles. The minimum absolute atomic E-state index is 0.0960. The summed E-state index contributed by atoms with van der Waals surface area (Å²) in [5, 5.41) is 10.7. The predicted molar refractivity (Wildman–Crippen MR) is 68.0 cm³/mol. The van der Waals surface area contributed by atoms with Gasteiger partial charge in [-0.25, -0.2) is 0 Å². The van der Waals surface area contributed by atoms with E-state index in [0.29, 0.717) is 17.4 Å². The molecule has 1 N–H and O–H groups in total. The normalized spacial score (nSPS) is 12.4. The van der Waals surface area contributed by atoms with Gasteiger partial charge in [0, 0.05) is 20.1 Å². The second-order valence-electron chi connectivity index (χ2n) is 4.45. The van der Waals surface area contributed by atoms with E-state index in [1.54, 1.807) is 31.1 Å². The number of anilines is 1. The summed E-state index contributed by atoms with van der Waals surface area (Å²) in [6.07, 6.45) is 0. The molecule has 1 aromatic rings. The van der Waals surface area contributed by atoms with Gasteiger partial charge in [-0.3, -0.25) is 4.79 Å². The van der Waals surface area contributed by atoms with E-state index in [1.807, 2.05) is 6.92 Å². The van der Waals surface area contributed by atoms with Crippen molar-refractivity contribution in [3.8, 4) is 0 Å². The molecule has 1 aromatic heterocycles. The predicted octanol–water partition coefficient (Wildman–Crippen LogP) is 1.63. The van der Waals surface area contributed by atoms with Crippen molar-refractivity contribution in [1.82, 2.24) is 15.1 Å². The average Bonchev–Trinajstić information content (AvgIpc) is 2.36. The van der Waals surface area contributed by atoms with Crippen LogP contribution in [0.25, 0.3) is 0 Å². The third-order valence-electron chi connectivity index (χ3n) is 3.04. The molecule has 5 heteroatoms. The van der Waals surface area contributed by atoms with Gasteiger partial charge in [0.1, 0.15) is 5.82 Å². The van der Waals surface area contributed by atoms with Crippen LogP contribution in [0.5, 0.6) is 0 Å². The highest BCUT2D eigenvalue weighted by molar-refractivity contribution is 5.92. The first-order valence-electron chi connectivity index (χ1n) is 5.76. The Bertz CT molecular complexity index is 375. The van der Waals surface area contributed by atoms with Crippen LogP contribution in [0.2, 0.25) is 0 Å². The van der Waals surface area contributed by atoms with Crippen LogP contribution < -0.4 is 5.32 Å². The van der Waals surface area contributed by atoms with E-state index in [2.05, 4.69) is 29.4 Å². The third-order valence-corrected chi connectivity index (χ3v) is 3.04. The highest BCUT2D eigenvalue weighted by Gasteiger charge is 2.20. The number of amides is 1. The van der Waals surface area contributed by atoms with Gasteiger partial charge in [0.05, 0.1) is 0 Å². The molecule has 94 valence electrons. The fourth-order valence-corrected chi connectivity index (χ4v) is 1.39. The zero-order valence-electron chi connectivity index (χ0n) is 11.1. The van der Waals surface area contributed by atoms with Crippen LogP contribution in [0.15, 0.2) is 12.1 Å². The Hall–Kier alpha value is -1.65. The summed E-state index contributed by atoms with van der Waals surface area (Å²) in [6.45, 7) is 6.20. The van der Waals surface area contributed by atoms with E-state index < -0.39 is 0 Å². The molecule has 1 amide bonds. The van der Waals surface area contributed by atoms with Crippen LogP contribution in [0.4, 0.5) is 5.82 Å². The highest BCUT2D eigenvalue weighted by Crippen LogP contribution is 2.11. The molecular weight excluding hydrogens is 216 g/mol. The number of nitrogens with one attached hydrogen (secondary N) is 1. The lowest BCUT2D eigenvalue weighted by Gasteiger charge is -2.27. The van der Waals surface area contributed by atoms with Crippen LogP contribution in [0, 0.1) is 5.92 Å². The van der Waals surface area contributed by atoms with E-state index >= 15 is 0 Å². The van der Waals surface area contributed by atoms with Gasteiger partial charge >= 0.3 is 0 Å². The summed E-state index contributed by atoms with van der Waals surface area (Å²) in [5.74, 6) is 0.968. The van der Waals surface area contributed by atoms with Gasteiger partial charge < -0.3 is 10.2 Å². The molecule has 17 heavy (non-hydrogen) atoms. The Kier molecular flexibility index (Phi) is 4.43. The van der Waals surface area contributed by atoms with Crippen molar-refractivity contribution in [2.24, 2.45) is 5.92 Å². The Morgan fingerprint density at radius 1 is 1.29 bits per heavy atom.